The van der Waals surface area contributed by atoms with Gasteiger partial charge in [0, 0.05) is 0 Å². The molecule has 1 unspecified atom stereocenters. The monoisotopic (exact) mass is 613 g/mol. The van der Waals surface area contributed by atoms with E-state index in [0.717, 1.165) is 30.4 Å². The van der Waals surface area contributed by atoms with Crippen LogP contribution in [0.4, 0.5) is 0 Å². The number of benzene rings is 1. The fraction of sp³-hybridized carbons (Fsp3) is 0.606. The summed E-state index contributed by atoms with van der Waals surface area (Å²) in [4.78, 5) is 0. The molecule has 4 aliphatic rings. The van der Waals surface area contributed by atoms with Gasteiger partial charge >= 0.3 is 245 Å². The molecule has 2 heterocycles. The van der Waals surface area contributed by atoms with E-state index in [1.54, 1.807) is 7.11 Å². The van der Waals surface area contributed by atoms with Crippen LogP contribution in [0.25, 0.3) is 0 Å². The van der Waals surface area contributed by atoms with E-state index in [0.29, 0.717) is 12.3 Å². The van der Waals surface area contributed by atoms with Gasteiger partial charge in [0.1, 0.15) is 0 Å². The molecule has 0 spiro atoms. The fourth-order valence-electron chi connectivity index (χ4n) is 6.45. The summed E-state index contributed by atoms with van der Waals surface area (Å²) in [5.74, 6) is 0.876. The van der Waals surface area contributed by atoms with E-state index in [4.69, 9.17) is 13.9 Å². The Kier molecular flexibility index (Phi) is 9.23. The summed E-state index contributed by atoms with van der Waals surface area (Å²) in [5.41, 5.74) is 3.25. The van der Waals surface area contributed by atoms with E-state index in [-0.39, 0.29) is 50.1 Å². The van der Waals surface area contributed by atoms with Crippen molar-refractivity contribution in [1.29, 1.82) is 5.26 Å². The van der Waals surface area contributed by atoms with Gasteiger partial charge in [0.25, 0.3) is 0 Å². The van der Waals surface area contributed by atoms with Gasteiger partial charge in [0.2, 0.25) is 0 Å². The van der Waals surface area contributed by atoms with Gasteiger partial charge in [-0.25, -0.2) is 0 Å². The molecular formula is C33H47NO3SeSi. The summed E-state index contributed by atoms with van der Waals surface area (Å²) in [6.45, 7) is 20.4. The molecule has 39 heavy (non-hydrogen) atoms. The van der Waals surface area contributed by atoms with E-state index in [9.17, 15) is 5.26 Å². The number of methoxy groups -OCH3 is 1. The topological polar surface area (TPSA) is 51.5 Å². The summed E-state index contributed by atoms with van der Waals surface area (Å²) < 4.78 is 20.6. The first-order valence-corrected chi connectivity index (χ1v) is 19.0. The molecule has 0 radical (unpaired) electrons. The summed E-state index contributed by atoms with van der Waals surface area (Å²) in [7, 11) is -0.156. The van der Waals surface area contributed by atoms with E-state index < -0.39 is 12.8 Å². The van der Waals surface area contributed by atoms with Crippen LogP contribution in [-0.4, -0.2) is 47.3 Å². The number of nitriles is 1. The second kappa shape index (κ2) is 11.8. The van der Waals surface area contributed by atoms with Crippen molar-refractivity contribution >= 4 is 27.7 Å². The number of nitrogens with zero attached hydrogens (tertiary/aromatic N) is 1. The maximum absolute atomic E-state index is 10.4. The quantitative estimate of drug-likeness (QED) is 0.169. The molecular weight excluding hydrogens is 565 g/mol. The number of ether oxygens (including phenoxy) is 2. The molecule has 5 rings (SSSR count). The van der Waals surface area contributed by atoms with Crippen molar-refractivity contribution in [3.05, 3.63) is 65.8 Å². The van der Waals surface area contributed by atoms with Crippen LogP contribution < -0.4 is 4.46 Å². The third-order valence-corrected chi connectivity index (χ3v) is 17.3. The van der Waals surface area contributed by atoms with Crippen molar-refractivity contribution in [2.24, 2.45) is 23.7 Å². The van der Waals surface area contributed by atoms with Crippen LogP contribution in [-0.2, 0) is 13.9 Å². The predicted molar refractivity (Wildman–Crippen MR) is 163 cm³/mol. The van der Waals surface area contributed by atoms with Gasteiger partial charge in [0.05, 0.1) is 0 Å². The molecule has 2 bridgehead atoms. The Morgan fingerprint density at radius 3 is 2.56 bits per heavy atom. The minimum absolute atomic E-state index is 0.0336. The van der Waals surface area contributed by atoms with E-state index in [2.05, 4.69) is 103 Å². The molecule has 2 saturated heterocycles. The van der Waals surface area contributed by atoms with Crippen LogP contribution in [0.2, 0.25) is 18.1 Å². The average Bonchev–Trinajstić information content (AvgIpc) is 3.29. The molecule has 7 atom stereocenters. The minimum atomic E-state index is -1.91. The van der Waals surface area contributed by atoms with Gasteiger partial charge in [-0.2, -0.15) is 0 Å². The van der Waals surface area contributed by atoms with Crippen molar-refractivity contribution in [2.75, 3.05) is 7.11 Å². The van der Waals surface area contributed by atoms with E-state index >= 15 is 0 Å². The first kappa shape index (κ1) is 30.5. The van der Waals surface area contributed by atoms with Crippen LogP contribution in [0.15, 0.2) is 65.8 Å². The number of hydrogen-bond donors (Lipinski definition) is 0. The normalized spacial score (nSPS) is 33.1. The van der Waals surface area contributed by atoms with Crippen LogP contribution in [0.5, 0.6) is 0 Å². The summed E-state index contributed by atoms with van der Waals surface area (Å²) in [6.07, 6.45) is 8.17. The Labute approximate surface area is 244 Å². The SMILES string of the molecule is C=C(C)[C@@H]1[C@H]2C[C@@H](C)C([Se]c3ccccc3)(O[C@@H]2OC)[C@H]1/C=C(\C#N)CC1=CCC[C@@H]1O[Si](C)(C)C(C)(C)C. The van der Waals surface area contributed by atoms with Gasteiger partial charge < -0.3 is 0 Å². The molecule has 0 aromatic heterocycles. The molecule has 2 aliphatic carbocycles. The van der Waals surface area contributed by atoms with Crippen LogP contribution >= 0.6 is 0 Å². The van der Waals surface area contributed by atoms with Gasteiger partial charge in [-0.05, 0) is 0 Å². The second-order valence-corrected chi connectivity index (χ2v) is 20.8. The zero-order valence-corrected chi connectivity index (χ0v) is 27.8. The van der Waals surface area contributed by atoms with Crippen molar-refractivity contribution < 1.29 is 13.9 Å². The predicted octanol–water partition coefficient (Wildman–Crippen LogP) is 7.13. The standard InChI is InChI=1S/C33H47NO3SeSi/c1-22(2)30-27-18-23(3)33(36-31(27)35-7,38-26-15-11-10-12-16-26)28(30)20-24(21-34)19-25-14-13-17-29(25)37-39(8,9)32(4,5)6/h10-12,14-16,20,23,27-31H,1,13,17-19H2,2-9H3/b24-20-/t23-,27-,28+,29+,30-,31+,33?/m1/s1. The number of allylic oxidation sites excluding steroid dienone is 3. The zero-order chi connectivity index (χ0) is 28.6. The van der Waals surface area contributed by atoms with Crippen molar-refractivity contribution in [3.63, 3.8) is 0 Å². The molecule has 0 N–H and O–H groups in total. The van der Waals surface area contributed by atoms with Gasteiger partial charge in [0.15, 0.2) is 0 Å². The number of fused-ring (bicyclic) bond motifs is 3. The van der Waals surface area contributed by atoms with Crippen molar-refractivity contribution in [2.45, 2.75) is 95.3 Å². The number of rotatable bonds is 9. The third-order valence-electron chi connectivity index (χ3n) is 9.51. The molecule has 212 valence electrons. The molecule has 2 aliphatic heterocycles. The average molecular weight is 613 g/mol. The maximum atomic E-state index is 10.4. The summed E-state index contributed by atoms with van der Waals surface area (Å²) >= 11 is 0.0336. The molecule has 1 aromatic carbocycles. The molecule has 1 saturated carbocycles. The van der Waals surface area contributed by atoms with Gasteiger partial charge in [-0.1, -0.05) is 0 Å². The zero-order valence-electron chi connectivity index (χ0n) is 25.1. The first-order valence-electron chi connectivity index (χ1n) is 14.4. The first-order chi connectivity index (χ1) is 18.3. The Bertz CT molecular complexity index is 1150. The van der Waals surface area contributed by atoms with Gasteiger partial charge in [-0.15, -0.1) is 0 Å². The van der Waals surface area contributed by atoms with Crippen molar-refractivity contribution in [1.82, 2.24) is 0 Å². The third kappa shape index (κ3) is 6.10. The Balaban J connectivity index is 1.69. The Hall–Kier alpha value is -1.45. The Morgan fingerprint density at radius 2 is 1.97 bits per heavy atom. The second-order valence-electron chi connectivity index (χ2n) is 13.3. The summed E-state index contributed by atoms with van der Waals surface area (Å²) in [6, 6.07) is 13.3. The van der Waals surface area contributed by atoms with Crippen molar-refractivity contribution in [3.8, 4) is 6.07 Å². The van der Waals surface area contributed by atoms with Crippen LogP contribution in [0.3, 0.4) is 0 Å². The fourth-order valence-corrected chi connectivity index (χ4v) is 10.8. The van der Waals surface area contributed by atoms with Gasteiger partial charge in [-0.3, -0.25) is 0 Å². The molecule has 3 fully saturated rings. The van der Waals surface area contributed by atoms with Crippen LogP contribution in [0.1, 0.15) is 60.3 Å². The van der Waals surface area contributed by atoms with E-state index in [1.165, 1.54) is 10.0 Å². The van der Waals surface area contributed by atoms with Crippen LogP contribution in [0, 0.1) is 35.0 Å². The molecule has 0 amide bonds. The molecule has 1 aromatic rings. The number of hydrogen-bond acceptors (Lipinski definition) is 4. The van der Waals surface area contributed by atoms with E-state index in [1.807, 2.05) is 0 Å². The summed E-state index contributed by atoms with van der Waals surface area (Å²) in [5, 5.41) is 10.6. The Morgan fingerprint density at radius 1 is 1.28 bits per heavy atom. The molecule has 4 nitrogen and oxygen atoms in total. The molecule has 6 heteroatoms.